The normalized spacial score (nSPS) is 15.4. The molecule has 0 fully saturated rings. The number of nitrogens with two attached hydrogens (primary N) is 1. The number of rotatable bonds is 10. The first-order valence-electron chi connectivity index (χ1n) is 8.61. The van der Waals surface area contributed by atoms with Gasteiger partial charge in [0.25, 0.3) is 0 Å². The van der Waals surface area contributed by atoms with E-state index >= 15 is 0 Å². The smallest absolute Gasteiger partial charge is 0.233 e. The Bertz CT molecular complexity index is 401. The van der Waals surface area contributed by atoms with Crippen LogP contribution in [-0.4, -0.2) is 36.4 Å². The van der Waals surface area contributed by atoms with Gasteiger partial charge < -0.3 is 11.1 Å². The van der Waals surface area contributed by atoms with E-state index in [2.05, 4.69) is 45.3 Å². The zero-order chi connectivity index (χ0) is 18.4. The second-order valence-corrected chi connectivity index (χ2v) is 8.39. The molecule has 0 heterocycles. The molecule has 0 aliphatic heterocycles. The van der Waals surface area contributed by atoms with Gasteiger partial charge in [-0.2, -0.15) is 0 Å². The third kappa shape index (κ3) is 7.93. The Morgan fingerprint density at radius 3 is 2.00 bits per heavy atom. The van der Waals surface area contributed by atoms with Gasteiger partial charge in [0.05, 0.1) is 18.1 Å². The van der Waals surface area contributed by atoms with E-state index in [1.807, 2.05) is 0 Å². The molecule has 0 saturated heterocycles. The van der Waals surface area contributed by atoms with Crippen molar-refractivity contribution in [1.82, 2.24) is 10.6 Å². The van der Waals surface area contributed by atoms with Crippen LogP contribution in [0, 0.1) is 17.3 Å². The molecule has 23 heavy (non-hydrogen) atoms. The van der Waals surface area contributed by atoms with Gasteiger partial charge in [0, 0.05) is 6.54 Å². The molecule has 0 bridgehead atoms. The number of nitrogens with one attached hydrogen (secondary N) is 2. The van der Waals surface area contributed by atoms with Gasteiger partial charge in [0.15, 0.2) is 5.78 Å². The number of hydrogen-bond acceptors (Lipinski definition) is 4. The summed E-state index contributed by atoms with van der Waals surface area (Å²) in [5.41, 5.74) is 5.08. The molecule has 0 saturated carbocycles. The minimum atomic E-state index is -0.795. The largest absolute Gasteiger partial charge is 0.355 e. The third-order valence-corrected chi connectivity index (χ3v) is 4.81. The topological polar surface area (TPSA) is 84.2 Å². The van der Waals surface area contributed by atoms with E-state index < -0.39 is 11.6 Å². The van der Waals surface area contributed by atoms with Crippen LogP contribution in [0.4, 0.5) is 0 Å². The molecule has 0 radical (unpaired) electrons. The van der Waals surface area contributed by atoms with Crippen molar-refractivity contribution in [2.75, 3.05) is 13.1 Å². The Balaban J connectivity index is 4.25. The summed E-state index contributed by atoms with van der Waals surface area (Å²) >= 11 is 0. The molecular weight excluding hydrogens is 290 g/mol. The fourth-order valence-electron chi connectivity index (χ4n) is 2.51. The van der Waals surface area contributed by atoms with Crippen molar-refractivity contribution in [2.45, 2.75) is 73.4 Å². The fraction of sp³-hybridized carbons (Fsp3) is 0.889. The molecule has 2 atom stereocenters. The summed E-state index contributed by atoms with van der Waals surface area (Å²) in [7, 11) is 0. The molecule has 0 rings (SSSR count). The van der Waals surface area contributed by atoms with E-state index in [9.17, 15) is 9.59 Å². The van der Waals surface area contributed by atoms with E-state index in [0.29, 0.717) is 18.4 Å². The monoisotopic (exact) mass is 327 g/mol. The molecule has 136 valence electrons. The summed E-state index contributed by atoms with van der Waals surface area (Å²) in [5, 5.41) is 5.93. The number of ketones is 1. The molecule has 0 aromatic carbocycles. The van der Waals surface area contributed by atoms with Crippen molar-refractivity contribution in [1.29, 1.82) is 0 Å². The van der Waals surface area contributed by atoms with E-state index in [1.165, 1.54) is 0 Å². The van der Waals surface area contributed by atoms with E-state index in [-0.39, 0.29) is 23.7 Å². The Morgan fingerprint density at radius 1 is 1.04 bits per heavy atom. The molecule has 1 amide bonds. The summed E-state index contributed by atoms with van der Waals surface area (Å²) in [4.78, 5) is 23.9. The van der Waals surface area contributed by atoms with Crippen molar-refractivity contribution in [2.24, 2.45) is 23.0 Å². The van der Waals surface area contributed by atoms with Gasteiger partial charge in [0.1, 0.15) is 0 Å². The van der Waals surface area contributed by atoms with Gasteiger partial charge in [-0.15, -0.1) is 0 Å². The number of carbonyl (C=O) groups excluding carboxylic acids is 2. The number of Topliss-reactive ketones (excluding diaryl/α,β-unsaturated/α-hetero) is 1. The van der Waals surface area contributed by atoms with Crippen LogP contribution in [0.1, 0.15) is 61.8 Å². The predicted octanol–water partition coefficient (Wildman–Crippen LogP) is 2.10. The standard InChI is InChI=1S/C18H37N3O2/c1-12(2)17(5,6)9-13(3)10-20-15(22)11-21-18(7,8)16(23)14(4)19/h12-14,21H,9-11,19H2,1-8H3,(H,20,22). The van der Waals surface area contributed by atoms with E-state index in [1.54, 1.807) is 20.8 Å². The van der Waals surface area contributed by atoms with Gasteiger partial charge in [-0.1, -0.05) is 34.6 Å². The second kappa shape index (κ2) is 8.78. The van der Waals surface area contributed by atoms with Gasteiger partial charge in [-0.25, -0.2) is 0 Å². The zero-order valence-electron chi connectivity index (χ0n) is 16.2. The molecule has 0 aliphatic rings. The average molecular weight is 328 g/mol. The Labute approximate surface area is 142 Å². The van der Waals surface area contributed by atoms with Crippen LogP contribution in [0.2, 0.25) is 0 Å². The van der Waals surface area contributed by atoms with E-state index in [0.717, 1.165) is 6.42 Å². The van der Waals surface area contributed by atoms with Gasteiger partial charge in [-0.05, 0) is 44.4 Å². The first-order chi connectivity index (χ1) is 10.3. The summed E-state index contributed by atoms with van der Waals surface area (Å²) in [5.74, 6) is 0.824. The molecule has 4 N–H and O–H groups in total. The Hall–Kier alpha value is -0.940. The van der Waals surface area contributed by atoms with Crippen LogP contribution in [0.15, 0.2) is 0 Å². The van der Waals surface area contributed by atoms with Crippen molar-refractivity contribution < 1.29 is 9.59 Å². The maximum atomic E-state index is 12.0. The Kier molecular flexibility index (Phi) is 8.43. The molecular formula is C18H37N3O2. The van der Waals surface area contributed by atoms with Crippen LogP contribution in [0.5, 0.6) is 0 Å². The first-order valence-corrected chi connectivity index (χ1v) is 8.61. The lowest BCUT2D eigenvalue weighted by molar-refractivity contribution is -0.126. The second-order valence-electron chi connectivity index (χ2n) is 8.39. The lowest BCUT2D eigenvalue weighted by Gasteiger charge is -2.32. The van der Waals surface area contributed by atoms with Crippen LogP contribution in [0.25, 0.3) is 0 Å². The maximum absolute atomic E-state index is 12.0. The molecule has 0 aromatic heterocycles. The highest BCUT2D eigenvalue weighted by atomic mass is 16.2. The quantitative estimate of drug-likeness (QED) is 0.574. The maximum Gasteiger partial charge on any atom is 0.233 e. The highest BCUT2D eigenvalue weighted by Gasteiger charge is 2.30. The van der Waals surface area contributed by atoms with Gasteiger partial charge in [0.2, 0.25) is 5.91 Å². The minimum Gasteiger partial charge on any atom is -0.355 e. The lowest BCUT2D eigenvalue weighted by Crippen LogP contribution is -2.55. The SMILES string of the molecule is CC(CNC(=O)CNC(C)(C)C(=O)C(C)N)CC(C)(C)C(C)C. The molecule has 5 nitrogen and oxygen atoms in total. The van der Waals surface area contributed by atoms with Gasteiger partial charge in [-0.3, -0.25) is 14.9 Å². The van der Waals surface area contributed by atoms with Crippen molar-refractivity contribution in [3.05, 3.63) is 0 Å². The molecule has 0 aromatic rings. The summed E-state index contributed by atoms with van der Waals surface area (Å²) in [6.45, 7) is 17.1. The summed E-state index contributed by atoms with van der Waals surface area (Å²) < 4.78 is 0. The third-order valence-electron chi connectivity index (χ3n) is 4.81. The highest BCUT2D eigenvalue weighted by Crippen LogP contribution is 2.33. The zero-order valence-corrected chi connectivity index (χ0v) is 16.2. The minimum absolute atomic E-state index is 0.0928. The van der Waals surface area contributed by atoms with Crippen molar-refractivity contribution in [3.8, 4) is 0 Å². The van der Waals surface area contributed by atoms with Crippen LogP contribution in [-0.2, 0) is 9.59 Å². The lowest BCUT2D eigenvalue weighted by atomic mass is 9.75. The van der Waals surface area contributed by atoms with E-state index in [4.69, 9.17) is 5.73 Å². The van der Waals surface area contributed by atoms with Crippen molar-refractivity contribution >= 4 is 11.7 Å². The molecule has 2 unspecified atom stereocenters. The Morgan fingerprint density at radius 2 is 1.57 bits per heavy atom. The van der Waals surface area contributed by atoms with Crippen LogP contribution in [0.3, 0.4) is 0 Å². The predicted molar refractivity (Wildman–Crippen MR) is 96.1 cm³/mol. The van der Waals surface area contributed by atoms with Crippen LogP contribution >= 0.6 is 0 Å². The molecule has 0 aliphatic carbocycles. The molecule has 5 heteroatoms. The number of hydrogen-bond donors (Lipinski definition) is 3. The first kappa shape index (κ1) is 22.1. The highest BCUT2D eigenvalue weighted by molar-refractivity contribution is 5.92. The average Bonchev–Trinajstić information content (AvgIpc) is 2.41. The summed E-state index contributed by atoms with van der Waals surface area (Å²) in [6.07, 6.45) is 1.06. The van der Waals surface area contributed by atoms with Crippen molar-refractivity contribution in [3.63, 3.8) is 0 Å². The number of carbonyl (C=O) groups is 2. The fourth-order valence-corrected chi connectivity index (χ4v) is 2.51. The van der Waals surface area contributed by atoms with Gasteiger partial charge >= 0.3 is 0 Å². The van der Waals surface area contributed by atoms with Crippen LogP contribution < -0.4 is 16.4 Å². The molecule has 0 spiro atoms. The number of amides is 1. The summed E-state index contributed by atoms with van der Waals surface area (Å²) in [6, 6.07) is -0.543.